The highest BCUT2D eigenvalue weighted by Gasteiger charge is 2.30. The van der Waals surface area contributed by atoms with E-state index in [1.54, 1.807) is 13.3 Å². The standard InChI is InChI=1S/C17H22N2O3S/c1-21-13-4-6-16-12(7-8-19-17(16)10-13)11-22-14-3-5-15(9-14)23(2,18)20/h4,6-8,10,14-15,18H,3,5,9,11H2,1-2H3. The maximum atomic E-state index is 11.8. The molecule has 1 aliphatic rings. The highest BCUT2D eigenvalue weighted by molar-refractivity contribution is 7.92. The first-order chi connectivity index (χ1) is 11.0. The van der Waals surface area contributed by atoms with Crippen molar-refractivity contribution in [3.63, 3.8) is 0 Å². The van der Waals surface area contributed by atoms with Crippen LogP contribution in [-0.4, -0.2) is 33.9 Å². The fourth-order valence-electron chi connectivity index (χ4n) is 3.11. The fourth-order valence-corrected chi connectivity index (χ4v) is 4.28. The maximum Gasteiger partial charge on any atom is 0.121 e. The van der Waals surface area contributed by atoms with Crippen molar-refractivity contribution in [1.29, 1.82) is 4.78 Å². The van der Waals surface area contributed by atoms with Crippen LogP contribution in [0.5, 0.6) is 5.75 Å². The predicted molar refractivity (Wildman–Crippen MR) is 91.3 cm³/mol. The highest BCUT2D eigenvalue weighted by atomic mass is 32.2. The van der Waals surface area contributed by atoms with Crippen molar-refractivity contribution < 1.29 is 13.7 Å². The molecule has 1 aliphatic carbocycles. The molecule has 6 heteroatoms. The smallest absolute Gasteiger partial charge is 0.121 e. The lowest BCUT2D eigenvalue weighted by Gasteiger charge is -2.14. The van der Waals surface area contributed by atoms with Gasteiger partial charge in [-0.1, -0.05) is 0 Å². The van der Waals surface area contributed by atoms with Gasteiger partial charge in [0.05, 0.1) is 25.3 Å². The van der Waals surface area contributed by atoms with E-state index in [-0.39, 0.29) is 11.4 Å². The molecule has 1 saturated carbocycles. The molecule has 3 unspecified atom stereocenters. The molecule has 0 amide bonds. The predicted octanol–water partition coefficient (Wildman–Crippen LogP) is 3.36. The quantitative estimate of drug-likeness (QED) is 0.910. The molecule has 124 valence electrons. The van der Waals surface area contributed by atoms with E-state index < -0.39 is 9.73 Å². The van der Waals surface area contributed by atoms with Crippen molar-refractivity contribution in [3.05, 3.63) is 36.0 Å². The van der Waals surface area contributed by atoms with Crippen LogP contribution in [0.1, 0.15) is 24.8 Å². The van der Waals surface area contributed by atoms with Crippen LogP contribution in [-0.2, 0) is 21.1 Å². The number of ether oxygens (including phenoxy) is 2. The van der Waals surface area contributed by atoms with Gasteiger partial charge in [-0.2, -0.15) is 0 Å². The minimum atomic E-state index is -2.46. The molecule has 0 aliphatic heterocycles. The van der Waals surface area contributed by atoms with Crippen LogP contribution in [0.4, 0.5) is 0 Å². The monoisotopic (exact) mass is 334 g/mol. The van der Waals surface area contributed by atoms with Crippen LogP contribution < -0.4 is 4.74 Å². The molecule has 5 nitrogen and oxygen atoms in total. The average Bonchev–Trinajstić information content (AvgIpc) is 3.01. The van der Waals surface area contributed by atoms with E-state index in [0.29, 0.717) is 6.61 Å². The van der Waals surface area contributed by atoms with Crippen LogP contribution in [0.2, 0.25) is 0 Å². The lowest BCUT2D eigenvalue weighted by Crippen LogP contribution is -2.17. The third-order valence-corrected chi connectivity index (χ3v) is 6.19. The zero-order valence-electron chi connectivity index (χ0n) is 13.5. The number of hydrogen-bond acceptors (Lipinski definition) is 5. The lowest BCUT2D eigenvalue weighted by molar-refractivity contribution is 0.0465. The zero-order chi connectivity index (χ0) is 16.4. The molecule has 2 aromatic rings. The first-order valence-corrected chi connectivity index (χ1v) is 9.76. The molecule has 0 bridgehead atoms. The summed E-state index contributed by atoms with van der Waals surface area (Å²) in [4.78, 5) is 4.38. The summed E-state index contributed by atoms with van der Waals surface area (Å²) >= 11 is 0. The Labute approximate surface area is 137 Å². The topological polar surface area (TPSA) is 72.3 Å². The SMILES string of the molecule is COc1ccc2c(COC3CCC(S(C)(=N)=O)C3)ccnc2c1. The Hall–Kier alpha value is -1.66. The Morgan fingerprint density at radius 1 is 1.35 bits per heavy atom. The fraction of sp³-hybridized carbons (Fsp3) is 0.471. The van der Waals surface area contributed by atoms with Gasteiger partial charge in [0.2, 0.25) is 0 Å². The number of rotatable bonds is 5. The molecule has 0 spiro atoms. The van der Waals surface area contributed by atoms with Gasteiger partial charge in [-0.15, -0.1) is 0 Å². The van der Waals surface area contributed by atoms with Crippen LogP contribution in [0.25, 0.3) is 10.9 Å². The summed E-state index contributed by atoms with van der Waals surface area (Å²) < 4.78 is 30.8. The van der Waals surface area contributed by atoms with Gasteiger partial charge >= 0.3 is 0 Å². The molecule has 3 rings (SSSR count). The minimum Gasteiger partial charge on any atom is -0.497 e. The van der Waals surface area contributed by atoms with E-state index in [1.807, 2.05) is 24.3 Å². The number of nitrogens with zero attached hydrogens (tertiary/aromatic N) is 1. The van der Waals surface area contributed by atoms with Crippen molar-refractivity contribution >= 4 is 20.6 Å². The van der Waals surface area contributed by atoms with Gasteiger partial charge in [-0.3, -0.25) is 9.76 Å². The summed E-state index contributed by atoms with van der Waals surface area (Å²) in [7, 11) is -0.823. The summed E-state index contributed by atoms with van der Waals surface area (Å²) in [6, 6.07) is 7.80. The van der Waals surface area contributed by atoms with Gasteiger partial charge in [0.1, 0.15) is 5.75 Å². The van der Waals surface area contributed by atoms with Gasteiger partial charge < -0.3 is 9.47 Å². The first kappa shape index (κ1) is 16.2. The minimum absolute atomic E-state index is 0.0362. The molecule has 0 saturated heterocycles. The largest absolute Gasteiger partial charge is 0.497 e. The normalized spacial score (nSPS) is 23.7. The Morgan fingerprint density at radius 3 is 2.87 bits per heavy atom. The second-order valence-electron chi connectivity index (χ2n) is 6.13. The maximum absolute atomic E-state index is 11.8. The zero-order valence-corrected chi connectivity index (χ0v) is 14.3. The number of methoxy groups -OCH3 is 1. The van der Waals surface area contributed by atoms with Crippen molar-refractivity contribution in [2.24, 2.45) is 0 Å². The number of pyridine rings is 1. The van der Waals surface area contributed by atoms with Gasteiger partial charge in [0.25, 0.3) is 0 Å². The second kappa shape index (κ2) is 6.45. The van der Waals surface area contributed by atoms with Gasteiger partial charge in [0.15, 0.2) is 0 Å². The molecule has 1 aromatic heterocycles. The summed E-state index contributed by atoms with van der Waals surface area (Å²) in [6.45, 7) is 0.506. The molecule has 0 radical (unpaired) electrons. The number of aromatic nitrogens is 1. The molecule has 3 atom stereocenters. The van der Waals surface area contributed by atoms with E-state index in [9.17, 15) is 4.21 Å². The van der Waals surface area contributed by atoms with E-state index >= 15 is 0 Å². The molecule has 1 fully saturated rings. The van der Waals surface area contributed by atoms with Crippen molar-refractivity contribution in [1.82, 2.24) is 4.98 Å². The third-order valence-electron chi connectivity index (χ3n) is 4.49. The average molecular weight is 334 g/mol. The summed E-state index contributed by atoms with van der Waals surface area (Å²) in [5.41, 5.74) is 1.97. The van der Waals surface area contributed by atoms with E-state index in [4.69, 9.17) is 14.3 Å². The van der Waals surface area contributed by atoms with Gasteiger partial charge in [-0.05, 0) is 43.0 Å². The number of benzene rings is 1. The van der Waals surface area contributed by atoms with Gasteiger partial charge in [-0.25, -0.2) is 4.21 Å². The molecule has 23 heavy (non-hydrogen) atoms. The van der Waals surface area contributed by atoms with Crippen LogP contribution in [0.3, 0.4) is 0 Å². The Bertz CT molecular complexity index is 805. The van der Waals surface area contributed by atoms with Gasteiger partial charge in [0, 0.05) is 38.9 Å². The number of nitrogens with one attached hydrogen (secondary N) is 1. The van der Waals surface area contributed by atoms with Crippen molar-refractivity contribution in [3.8, 4) is 5.75 Å². The summed E-state index contributed by atoms with van der Waals surface area (Å²) in [5, 5.41) is 1.02. The Balaban J connectivity index is 1.71. The van der Waals surface area contributed by atoms with Crippen LogP contribution in [0.15, 0.2) is 30.5 Å². The van der Waals surface area contributed by atoms with Crippen LogP contribution in [0, 0.1) is 4.78 Å². The molecular formula is C17H22N2O3S. The first-order valence-electron chi connectivity index (χ1n) is 7.73. The Kier molecular flexibility index (Phi) is 4.55. The highest BCUT2D eigenvalue weighted by Crippen LogP contribution is 2.29. The van der Waals surface area contributed by atoms with E-state index in [0.717, 1.165) is 41.5 Å². The van der Waals surface area contributed by atoms with E-state index in [2.05, 4.69) is 4.98 Å². The molecule has 1 aromatic carbocycles. The van der Waals surface area contributed by atoms with Crippen molar-refractivity contribution in [2.45, 2.75) is 37.2 Å². The summed E-state index contributed by atoms with van der Waals surface area (Å²) in [5.74, 6) is 0.787. The molecular weight excluding hydrogens is 312 g/mol. The number of fused-ring (bicyclic) bond motifs is 1. The third kappa shape index (κ3) is 3.64. The van der Waals surface area contributed by atoms with Crippen molar-refractivity contribution in [2.75, 3.05) is 13.4 Å². The second-order valence-corrected chi connectivity index (χ2v) is 8.60. The van der Waals surface area contributed by atoms with E-state index in [1.165, 1.54) is 6.26 Å². The van der Waals surface area contributed by atoms with Crippen LogP contribution >= 0.6 is 0 Å². The molecule has 1 heterocycles. The summed E-state index contributed by atoms with van der Waals surface area (Å²) in [6.07, 6.45) is 5.82. The molecule has 1 N–H and O–H groups in total. The Morgan fingerprint density at radius 2 is 2.17 bits per heavy atom. The number of hydrogen-bond donors (Lipinski definition) is 1. The lowest BCUT2D eigenvalue weighted by atomic mass is 10.1.